The van der Waals surface area contributed by atoms with Crippen LogP contribution in [0, 0.1) is 13.8 Å². The van der Waals surface area contributed by atoms with Gasteiger partial charge in [0.15, 0.2) is 0 Å². The number of hydrogen-bond donors (Lipinski definition) is 1. The fourth-order valence-corrected chi connectivity index (χ4v) is 4.59. The number of rotatable bonds is 6. The zero-order valence-electron chi connectivity index (χ0n) is 19.1. The molecule has 1 aromatic heterocycles. The molecule has 6 heteroatoms. The minimum Gasteiger partial charge on any atom is -0.493 e. The first kappa shape index (κ1) is 21.1. The van der Waals surface area contributed by atoms with Crippen molar-refractivity contribution in [1.82, 2.24) is 9.55 Å². The van der Waals surface area contributed by atoms with Crippen LogP contribution in [0.15, 0.2) is 60.7 Å². The van der Waals surface area contributed by atoms with Crippen molar-refractivity contribution in [2.24, 2.45) is 0 Å². The molecule has 5 rings (SSSR count). The van der Waals surface area contributed by atoms with Crippen LogP contribution in [0.4, 0.5) is 5.69 Å². The summed E-state index contributed by atoms with van der Waals surface area (Å²) >= 11 is 0. The Bertz CT molecular complexity index is 1340. The van der Waals surface area contributed by atoms with E-state index in [1.807, 2.05) is 43.3 Å². The minimum atomic E-state index is -0.213. The lowest BCUT2D eigenvalue weighted by molar-refractivity contribution is -0.141. The highest BCUT2D eigenvalue weighted by atomic mass is 16.5. The lowest BCUT2D eigenvalue weighted by atomic mass is 9.97. The molecule has 0 amide bonds. The first-order valence-electron chi connectivity index (χ1n) is 11.2. The second-order valence-corrected chi connectivity index (χ2v) is 8.44. The van der Waals surface area contributed by atoms with Crippen LogP contribution in [0.5, 0.6) is 5.75 Å². The van der Waals surface area contributed by atoms with E-state index in [0.717, 1.165) is 39.5 Å². The van der Waals surface area contributed by atoms with Gasteiger partial charge in [0.2, 0.25) is 0 Å². The topological polar surface area (TPSA) is 65.4 Å². The molecule has 33 heavy (non-hydrogen) atoms. The number of anilines is 1. The molecule has 0 saturated heterocycles. The first-order chi connectivity index (χ1) is 16.0. The summed E-state index contributed by atoms with van der Waals surface area (Å²) in [5.74, 6) is 1.64. The molecule has 4 aromatic rings. The zero-order valence-corrected chi connectivity index (χ0v) is 19.1. The molecule has 3 aromatic carbocycles. The Kier molecular flexibility index (Phi) is 5.50. The molecule has 0 bridgehead atoms. The van der Waals surface area contributed by atoms with Crippen molar-refractivity contribution in [3.8, 4) is 11.4 Å². The number of carbonyl (C=O) groups is 1. The molecule has 1 N–H and O–H groups in total. The average molecular weight is 442 g/mol. The standard InChI is InChI=1S/C27H27N3O3/c1-17-19(7-6-10-24(17)30-18(2)29-23-8-4-5-9-25(23)30)15-28-21-11-12-22-20(13-27(31)32-3)16-33-26(22)14-21/h4-12,14,20,28H,13,15-16H2,1-3H3. The fourth-order valence-electron chi connectivity index (χ4n) is 4.59. The van der Waals surface area contributed by atoms with Crippen LogP contribution >= 0.6 is 0 Å². The summed E-state index contributed by atoms with van der Waals surface area (Å²) in [5, 5.41) is 3.53. The van der Waals surface area contributed by atoms with Gasteiger partial charge in [-0.2, -0.15) is 0 Å². The quantitative estimate of drug-likeness (QED) is 0.412. The monoisotopic (exact) mass is 441 g/mol. The van der Waals surface area contributed by atoms with Gasteiger partial charge < -0.3 is 14.8 Å². The van der Waals surface area contributed by atoms with E-state index < -0.39 is 0 Å². The predicted molar refractivity (Wildman–Crippen MR) is 129 cm³/mol. The number of imidazole rings is 1. The number of nitrogens with zero attached hydrogens (tertiary/aromatic N) is 2. The Labute approximate surface area is 193 Å². The highest BCUT2D eigenvalue weighted by Crippen LogP contribution is 2.38. The normalized spacial score (nSPS) is 14.7. The fraction of sp³-hybridized carbons (Fsp3) is 0.259. The number of nitrogens with one attached hydrogen (secondary N) is 1. The third-order valence-electron chi connectivity index (χ3n) is 6.40. The number of aryl methyl sites for hydroxylation is 1. The Hall–Kier alpha value is -3.80. The van der Waals surface area contributed by atoms with E-state index in [2.05, 4.69) is 41.1 Å². The molecule has 0 aliphatic carbocycles. The van der Waals surface area contributed by atoms with Gasteiger partial charge in [-0.25, -0.2) is 4.98 Å². The Balaban J connectivity index is 1.36. The Morgan fingerprint density at radius 2 is 2.00 bits per heavy atom. The van der Waals surface area contributed by atoms with Gasteiger partial charge in [0.1, 0.15) is 11.6 Å². The van der Waals surface area contributed by atoms with E-state index in [1.165, 1.54) is 18.2 Å². The molecular weight excluding hydrogens is 414 g/mol. The molecule has 1 aliphatic heterocycles. The largest absolute Gasteiger partial charge is 0.493 e. The maximum atomic E-state index is 11.6. The van der Waals surface area contributed by atoms with Crippen molar-refractivity contribution in [2.75, 3.05) is 19.0 Å². The predicted octanol–water partition coefficient (Wildman–Crippen LogP) is 5.29. The van der Waals surface area contributed by atoms with Crippen molar-refractivity contribution >= 4 is 22.7 Å². The average Bonchev–Trinajstić information content (AvgIpc) is 3.38. The van der Waals surface area contributed by atoms with E-state index in [1.54, 1.807) is 0 Å². The summed E-state index contributed by atoms with van der Waals surface area (Å²) < 4.78 is 12.9. The van der Waals surface area contributed by atoms with E-state index in [0.29, 0.717) is 19.6 Å². The van der Waals surface area contributed by atoms with Crippen LogP contribution in [0.3, 0.4) is 0 Å². The number of carbonyl (C=O) groups excluding carboxylic acids is 1. The minimum absolute atomic E-state index is 0.0497. The Morgan fingerprint density at radius 1 is 1.15 bits per heavy atom. The molecule has 1 atom stereocenters. The number of ether oxygens (including phenoxy) is 2. The lowest BCUT2D eigenvalue weighted by Crippen LogP contribution is -2.09. The number of benzene rings is 3. The molecule has 6 nitrogen and oxygen atoms in total. The van der Waals surface area contributed by atoms with Gasteiger partial charge in [-0.05, 0) is 49.2 Å². The third-order valence-corrected chi connectivity index (χ3v) is 6.40. The molecule has 0 radical (unpaired) electrons. The van der Waals surface area contributed by atoms with Gasteiger partial charge in [0.25, 0.3) is 0 Å². The number of aromatic nitrogens is 2. The Morgan fingerprint density at radius 3 is 2.85 bits per heavy atom. The van der Waals surface area contributed by atoms with Crippen LogP contribution in [-0.4, -0.2) is 29.2 Å². The zero-order chi connectivity index (χ0) is 22.9. The van der Waals surface area contributed by atoms with E-state index in [9.17, 15) is 4.79 Å². The van der Waals surface area contributed by atoms with Crippen LogP contribution in [0.25, 0.3) is 16.7 Å². The van der Waals surface area contributed by atoms with Crippen molar-refractivity contribution in [3.63, 3.8) is 0 Å². The highest BCUT2D eigenvalue weighted by molar-refractivity contribution is 5.78. The van der Waals surface area contributed by atoms with Crippen molar-refractivity contribution in [1.29, 1.82) is 0 Å². The second kappa shape index (κ2) is 8.62. The maximum Gasteiger partial charge on any atom is 0.306 e. The number of esters is 1. The highest BCUT2D eigenvalue weighted by Gasteiger charge is 2.27. The second-order valence-electron chi connectivity index (χ2n) is 8.44. The number of methoxy groups -OCH3 is 1. The molecule has 2 heterocycles. The summed E-state index contributed by atoms with van der Waals surface area (Å²) in [5.41, 5.74) is 7.74. The van der Waals surface area contributed by atoms with E-state index in [-0.39, 0.29) is 11.9 Å². The van der Waals surface area contributed by atoms with Gasteiger partial charge in [0.05, 0.1) is 36.9 Å². The van der Waals surface area contributed by atoms with Gasteiger partial charge >= 0.3 is 5.97 Å². The summed E-state index contributed by atoms with van der Waals surface area (Å²) in [6, 6.07) is 20.7. The molecule has 168 valence electrons. The summed E-state index contributed by atoms with van der Waals surface area (Å²) in [7, 11) is 1.42. The number of para-hydroxylation sites is 2. The third kappa shape index (κ3) is 3.93. The van der Waals surface area contributed by atoms with Gasteiger partial charge in [0, 0.05) is 29.8 Å². The summed E-state index contributed by atoms with van der Waals surface area (Å²) in [6.45, 7) is 5.40. The molecule has 1 unspecified atom stereocenters. The van der Waals surface area contributed by atoms with Gasteiger partial charge in [-0.15, -0.1) is 0 Å². The number of hydrogen-bond acceptors (Lipinski definition) is 5. The number of fused-ring (bicyclic) bond motifs is 2. The van der Waals surface area contributed by atoms with Crippen molar-refractivity contribution in [3.05, 3.63) is 83.2 Å². The molecule has 1 aliphatic rings. The van der Waals surface area contributed by atoms with Gasteiger partial charge in [-0.1, -0.05) is 30.3 Å². The summed E-state index contributed by atoms with van der Waals surface area (Å²) in [4.78, 5) is 16.4. The molecule has 0 fully saturated rings. The van der Waals surface area contributed by atoms with Crippen LogP contribution < -0.4 is 10.1 Å². The molecule has 0 saturated carbocycles. The SMILES string of the molecule is COC(=O)CC1COc2cc(NCc3cccc(-n4c(C)nc5ccccc54)c3C)ccc21. The van der Waals surface area contributed by atoms with Crippen LogP contribution in [-0.2, 0) is 16.1 Å². The smallest absolute Gasteiger partial charge is 0.306 e. The first-order valence-corrected chi connectivity index (χ1v) is 11.2. The molecule has 0 spiro atoms. The van der Waals surface area contributed by atoms with Gasteiger partial charge in [-0.3, -0.25) is 9.36 Å². The van der Waals surface area contributed by atoms with E-state index >= 15 is 0 Å². The molecular formula is C27H27N3O3. The van der Waals surface area contributed by atoms with Crippen molar-refractivity contribution < 1.29 is 14.3 Å². The van der Waals surface area contributed by atoms with Crippen LogP contribution in [0.1, 0.15) is 34.9 Å². The lowest BCUT2D eigenvalue weighted by Gasteiger charge is -2.16. The van der Waals surface area contributed by atoms with E-state index in [4.69, 9.17) is 14.5 Å². The maximum absolute atomic E-state index is 11.6. The van der Waals surface area contributed by atoms with Crippen LogP contribution in [0.2, 0.25) is 0 Å². The van der Waals surface area contributed by atoms with Crippen molar-refractivity contribution in [2.45, 2.75) is 32.7 Å². The summed E-state index contributed by atoms with van der Waals surface area (Å²) in [6.07, 6.45) is 0.338.